The fraction of sp³-hybridized carbons (Fsp3) is 0.789. The van der Waals surface area contributed by atoms with Crippen LogP contribution in [0, 0.1) is 23.7 Å². The summed E-state index contributed by atoms with van der Waals surface area (Å²) in [4.78, 5) is 9.07. The predicted molar refractivity (Wildman–Crippen MR) is 99.8 cm³/mol. The highest BCUT2D eigenvalue weighted by atomic mass is 32.2. The summed E-state index contributed by atoms with van der Waals surface area (Å²) >= 11 is -0.710. The SMILES string of the molecule is OC(CC1CCC2CCCCC2C1)[SH]1C(C2CC2)=Nc2cncn21. The van der Waals surface area contributed by atoms with E-state index in [0.717, 1.165) is 30.0 Å². The number of nitrogens with zero attached hydrogens (tertiary/aromatic N) is 3. The minimum absolute atomic E-state index is 0.236. The topological polar surface area (TPSA) is 50.4 Å². The molecule has 3 aliphatic carbocycles. The van der Waals surface area contributed by atoms with Gasteiger partial charge in [-0.2, -0.15) is 0 Å². The van der Waals surface area contributed by atoms with E-state index in [0.29, 0.717) is 5.92 Å². The summed E-state index contributed by atoms with van der Waals surface area (Å²) in [7, 11) is 0. The number of hydrogen-bond acceptors (Lipinski definition) is 3. The van der Waals surface area contributed by atoms with Crippen molar-refractivity contribution in [2.45, 2.75) is 69.6 Å². The molecule has 3 fully saturated rings. The molecule has 0 amide bonds. The first kappa shape index (κ1) is 15.4. The first-order chi connectivity index (χ1) is 11.8. The fourth-order valence-corrected chi connectivity index (χ4v) is 7.94. The molecule has 5 atom stereocenters. The highest BCUT2D eigenvalue weighted by molar-refractivity contribution is 8.29. The third kappa shape index (κ3) is 2.74. The van der Waals surface area contributed by atoms with Gasteiger partial charge in [-0.3, -0.25) is 3.97 Å². The highest BCUT2D eigenvalue weighted by Gasteiger charge is 2.40. The predicted octanol–water partition coefficient (Wildman–Crippen LogP) is 4.42. The van der Waals surface area contributed by atoms with E-state index < -0.39 is 11.1 Å². The van der Waals surface area contributed by atoms with Gasteiger partial charge in [-0.1, -0.05) is 32.1 Å². The molecule has 1 N–H and O–H groups in total. The van der Waals surface area contributed by atoms with Gasteiger partial charge in [0.15, 0.2) is 5.82 Å². The van der Waals surface area contributed by atoms with Gasteiger partial charge in [0, 0.05) is 5.92 Å². The molecule has 5 heteroatoms. The lowest BCUT2D eigenvalue weighted by molar-refractivity contribution is 0.107. The molecule has 4 aliphatic rings. The standard InChI is InChI=1S/C19H29N3OS/c23-18(10-13-5-6-14-3-1-2-4-16(14)9-13)24-19(15-7-8-15)21-17-11-20-12-22(17)24/h11-16,18,23-24H,1-10H2. The fourth-order valence-electron chi connectivity index (χ4n) is 5.31. The van der Waals surface area contributed by atoms with Crippen molar-refractivity contribution in [2.75, 3.05) is 0 Å². The molecule has 24 heavy (non-hydrogen) atoms. The first-order valence-corrected chi connectivity index (χ1v) is 11.2. The van der Waals surface area contributed by atoms with Crippen molar-refractivity contribution in [2.24, 2.45) is 28.7 Å². The van der Waals surface area contributed by atoms with Crippen LogP contribution >= 0.6 is 11.1 Å². The summed E-state index contributed by atoms with van der Waals surface area (Å²) < 4.78 is 2.18. The van der Waals surface area contributed by atoms with Gasteiger partial charge in [-0.05, 0) is 49.9 Å². The van der Waals surface area contributed by atoms with Gasteiger partial charge in [-0.25, -0.2) is 9.98 Å². The zero-order valence-electron chi connectivity index (χ0n) is 14.3. The molecule has 0 aromatic carbocycles. The van der Waals surface area contributed by atoms with E-state index in [2.05, 4.69) is 8.96 Å². The summed E-state index contributed by atoms with van der Waals surface area (Å²) in [5.41, 5.74) is -0.236. The number of fused-ring (bicyclic) bond motifs is 2. The number of aliphatic hydroxyl groups excluding tert-OH is 1. The molecule has 1 aromatic rings. The Morgan fingerprint density at radius 1 is 1.12 bits per heavy atom. The Balaban J connectivity index is 1.28. The van der Waals surface area contributed by atoms with E-state index >= 15 is 0 Å². The van der Waals surface area contributed by atoms with Crippen LogP contribution < -0.4 is 0 Å². The lowest BCUT2D eigenvalue weighted by Gasteiger charge is -2.40. The van der Waals surface area contributed by atoms with Gasteiger partial charge < -0.3 is 5.11 Å². The Bertz CT molecular complexity index is 638. The second-order valence-corrected chi connectivity index (χ2v) is 10.6. The second-order valence-electron chi connectivity index (χ2n) is 8.39. The Morgan fingerprint density at radius 2 is 1.96 bits per heavy atom. The lowest BCUT2D eigenvalue weighted by Crippen LogP contribution is -2.30. The van der Waals surface area contributed by atoms with Crippen LogP contribution in [0.15, 0.2) is 17.5 Å². The number of aromatic nitrogens is 2. The monoisotopic (exact) mass is 347 g/mol. The van der Waals surface area contributed by atoms with Crippen molar-refractivity contribution in [3.63, 3.8) is 0 Å². The Morgan fingerprint density at radius 3 is 2.79 bits per heavy atom. The molecule has 5 rings (SSSR count). The molecule has 1 aliphatic heterocycles. The third-order valence-corrected chi connectivity index (χ3v) is 9.20. The molecule has 1 aromatic heterocycles. The van der Waals surface area contributed by atoms with Crippen LogP contribution in [0.1, 0.15) is 64.2 Å². The molecular formula is C19H29N3OS. The van der Waals surface area contributed by atoms with E-state index in [-0.39, 0.29) is 5.44 Å². The minimum atomic E-state index is -0.710. The molecule has 0 bridgehead atoms. The van der Waals surface area contributed by atoms with Gasteiger partial charge in [-0.15, -0.1) is 11.1 Å². The average molecular weight is 348 g/mol. The van der Waals surface area contributed by atoms with Crippen molar-refractivity contribution in [3.05, 3.63) is 12.5 Å². The van der Waals surface area contributed by atoms with Gasteiger partial charge >= 0.3 is 0 Å². The number of thiol groups is 1. The lowest BCUT2D eigenvalue weighted by atomic mass is 9.67. The largest absolute Gasteiger partial charge is 0.382 e. The quantitative estimate of drug-likeness (QED) is 0.792. The van der Waals surface area contributed by atoms with E-state index in [1.54, 1.807) is 0 Å². The number of aliphatic hydroxyl groups is 1. The van der Waals surface area contributed by atoms with Crippen molar-refractivity contribution in [1.29, 1.82) is 0 Å². The maximum atomic E-state index is 11.1. The van der Waals surface area contributed by atoms with Gasteiger partial charge in [0.2, 0.25) is 0 Å². The Labute approximate surface area is 147 Å². The van der Waals surface area contributed by atoms with Crippen LogP contribution in [-0.2, 0) is 0 Å². The summed E-state index contributed by atoms with van der Waals surface area (Å²) in [6, 6.07) is 0. The molecule has 2 heterocycles. The van der Waals surface area contributed by atoms with Gasteiger partial charge in [0.25, 0.3) is 0 Å². The van der Waals surface area contributed by atoms with Crippen LogP contribution in [0.2, 0.25) is 0 Å². The zero-order chi connectivity index (χ0) is 16.1. The van der Waals surface area contributed by atoms with Crippen molar-refractivity contribution >= 4 is 21.9 Å². The average Bonchev–Trinajstić information content (AvgIpc) is 3.23. The van der Waals surface area contributed by atoms with E-state index in [9.17, 15) is 5.11 Å². The van der Waals surface area contributed by atoms with E-state index in [1.165, 1.54) is 62.8 Å². The first-order valence-electron chi connectivity index (χ1n) is 9.88. The van der Waals surface area contributed by atoms with Gasteiger partial charge in [0.1, 0.15) is 11.8 Å². The molecule has 5 unspecified atom stereocenters. The molecular weight excluding hydrogens is 318 g/mol. The van der Waals surface area contributed by atoms with Crippen molar-refractivity contribution in [1.82, 2.24) is 8.96 Å². The summed E-state index contributed by atoms with van der Waals surface area (Å²) in [6.07, 6.45) is 17.1. The van der Waals surface area contributed by atoms with Crippen LogP contribution in [0.3, 0.4) is 0 Å². The van der Waals surface area contributed by atoms with Crippen LogP contribution in [0.4, 0.5) is 5.82 Å². The third-order valence-electron chi connectivity index (χ3n) is 6.71. The molecule has 4 nitrogen and oxygen atoms in total. The summed E-state index contributed by atoms with van der Waals surface area (Å²) in [6.45, 7) is 0. The molecule has 132 valence electrons. The van der Waals surface area contributed by atoms with Crippen LogP contribution in [0.25, 0.3) is 0 Å². The minimum Gasteiger partial charge on any atom is -0.382 e. The van der Waals surface area contributed by atoms with Crippen LogP contribution in [0.5, 0.6) is 0 Å². The summed E-state index contributed by atoms with van der Waals surface area (Å²) in [5.74, 6) is 4.27. The van der Waals surface area contributed by atoms with E-state index in [4.69, 9.17) is 4.99 Å². The van der Waals surface area contributed by atoms with Crippen molar-refractivity contribution < 1.29 is 5.11 Å². The second kappa shape index (κ2) is 6.17. The molecule has 3 saturated carbocycles. The Hall–Kier alpha value is -0.810. The Kier molecular flexibility index (Phi) is 3.97. The zero-order valence-corrected chi connectivity index (χ0v) is 15.2. The normalized spacial score (nSPS) is 38.3. The number of rotatable bonds is 4. The number of hydrogen-bond donors (Lipinski definition) is 2. The van der Waals surface area contributed by atoms with Gasteiger partial charge in [0.05, 0.1) is 11.2 Å². The molecule has 0 spiro atoms. The smallest absolute Gasteiger partial charge is 0.162 e. The highest BCUT2D eigenvalue weighted by Crippen LogP contribution is 2.53. The maximum Gasteiger partial charge on any atom is 0.162 e. The van der Waals surface area contributed by atoms with Crippen LogP contribution in [-0.4, -0.2) is 24.5 Å². The van der Waals surface area contributed by atoms with Crippen molar-refractivity contribution in [3.8, 4) is 0 Å². The summed E-state index contributed by atoms with van der Waals surface area (Å²) in [5, 5.41) is 12.4. The van der Waals surface area contributed by atoms with E-state index in [1.807, 2.05) is 12.5 Å². The molecule has 0 saturated heterocycles. The number of imidazole rings is 1. The molecule has 0 radical (unpaired) electrons. The number of aliphatic imine (C=N–C) groups is 1. The maximum absolute atomic E-state index is 11.1.